The van der Waals surface area contributed by atoms with Crippen molar-refractivity contribution in [1.29, 1.82) is 0 Å². The number of hydrogen-bond acceptors (Lipinski definition) is 5. The molecule has 4 heterocycles. The third-order valence-corrected chi connectivity index (χ3v) is 6.54. The highest BCUT2D eigenvalue weighted by Gasteiger charge is 2.38. The number of morpholine rings is 1. The van der Waals surface area contributed by atoms with Gasteiger partial charge in [0.05, 0.1) is 23.9 Å². The van der Waals surface area contributed by atoms with Crippen LogP contribution in [0.2, 0.25) is 0 Å². The van der Waals surface area contributed by atoms with Crippen LogP contribution in [-0.2, 0) is 4.74 Å². The van der Waals surface area contributed by atoms with Gasteiger partial charge >= 0.3 is 0 Å². The van der Waals surface area contributed by atoms with Crippen molar-refractivity contribution in [2.45, 2.75) is 52.4 Å². The maximum Gasteiger partial charge on any atom is 0.157 e. The van der Waals surface area contributed by atoms with Gasteiger partial charge in [-0.05, 0) is 56.5 Å². The smallest absolute Gasteiger partial charge is 0.157 e. The van der Waals surface area contributed by atoms with E-state index in [-0.39, 0.29) is 6.04 Å². The number of nitrogens with zero attached hydrogens (tertiary/aromatic N) is 3. The van der Waals surface area contributed by atoms with Crippen LogP contribution in [0, 0.1) is 20.8 Å². The molecule has 1 N–H and O–H groups in total. The topological polar surface area (TPSA) is 50.3 Å². The summed E-state index contributed by atoms with van der Waals surface area (Å²) in [5.74, 6) is 0.847. The number of aryl methyl sites for hydroxylation is 2. The van der Waals surface area contributed by atoms with Crippen LogP contribution in [-0.4, -0.2) is 35.5 Å². The number of fused-ring (bicyclic) bond motifs is 3. The fourth-order valence-corrected chi connectivity index (χ4v) is 4.67. The van der Waals surface area contributed by atoms with Gasteiger partial charge in [0.25, 0.3) is 0 Å². The summed E-state index contributed by atoms with van der Waals surface area (Å²) >= 11 is 0. The molecule has 3 fully saturated rings. The maximum absolute atomic E-state index is 5.80. The number of anilines is 2. The van der Waals surface area contributed by atoms with E-state index in [0.717, 1.165) is 35.4 Å². The van der Waals surface area contributed by atoms with Gasteiger partial charge in [0.2, 0.25) is 0 Å². The fourth-order valence-electron chi connectivity index (χ4n) is 4.67. The average Bonchev–Trinajstić information content (AvgIpc) is 2.71. The van der Waals surface area contributed by atoms with Crippen molar-refractivity contribution >= 4 is 22.3 Å². The zero-order valence-corrected chi connectivity index (χ0v) is 17.6. The second kappa shape index (κ2) is 6.99. The molecule has 3 saturated heterocycles. The highest BCUT2D eigenvalue weighted by Crippen LogP contribution is 2.35. The predicted molar refractivity (Wildman–Crippen MR) is 118 cm³/mol. The van der Waals surface area contributed by atoms with Crippen molar-refractivity contribution in [3.63, 3.8) is 0 Å². The minimum Gasteiger partial charge on any atom is -0.371 e. The minimum atomic E-state index is 0.148. The van der Waals surface area contributed by atoms with Gasteiger partial charge in [-0.1, -0.05) is 24.3 Å². The van der Waals surface area contributed by atoms with E-state index in [1.54, 1.807) is 0 Å². The summed E-state index contributed by atoms with van der Waals surface area (Å²) in [6.45, 7) is 10.5. The van der Waals surface area contributed by atoms with Crippen molar-refractivity contribution in [3.05, 3.63) is 58.8 Å². The number of benzene rings is 2. The minimum absolute atomic E-state index is 0.148. The van der Waals surface area contributed by atoms with E-state index < -0.39 is 0 Å². The van der Waals surface area contributed by atoms with Crippen molar-refractivity contribution in [1.82, 2.24) is 10.2 Å². The van der Waals surface area contributed by atoms with Crippen LogP contribution in [0.3, 0.4) is 0 Å². The summed E-state index contributed by atoms with van der Waals surface area (Å²) in [6.07, 6.45) is 1.99. The van der Waals surface area contributed by atoms with E-state index in [1.165, 1.54) is 28.8 Å². The summed E-state index contributed by atoms with van der Waals surface area (Å²) in [6, 6.07) is 13.3. The van der Waals surface area contributed by atoms with Gasteiger partial charge in [-0.3, -0.25) is 0 Å². The first-order valence-corrected chi connectivity index (χ1v) is 10.5. The molecule has 2 bridgehead atoms. The molecule has 0 saturated carbocycles. The van der Waals surface area contributed by atoms with Crippen molar-refractivity contribution in [2.24, 2.45) is 0 Å². The molecule has 150 valence electrons. The Bertz CT molecular complexity index is 1060. The molecule has 2 unspecified atom stereocenters. The molecule has 0 spiro atoms. The van der Waals surface area contributed by atoms with Gasteiger partial charge < -0.3 is 15.0 Å². The highest BCUT2D eigenvalue weighted by atomic mass is 16.5. The lowest BCUT2D eigenvalue weighted by Crippen LogP contribution is -2.57. The lowest BCUT2D eigenvalue weighted by atomic mass is 9.97. The molecule has 3 aliphatic heterocycles. The quantitative estimate of drug-likeness (QED) is 0.702. The van der Waals surface area contributed by atoms with Gasteiger partial charge in [0.15, 0.2) is 5.82 Å². The molecule has 2 aromatic carbocycles. The Kier molecular flexibility index (Phi) is 4.43. The number of ether oxygens (including phenoxy) is 1. The molecule has 0 amide bonds. The second-order valence-electron chi connectivity index (χ2n) is 8.54. The molecule has 3 aromatic rings. The Morgan fingerprint density at radius 1 is 1.03 bits per heavy atom. The molecular weight excluding hydrogens is 360 g/mol. The third kappa shape index (κ3) is 3.23. The van der Waals surface area contributed by atoms with E-state index in [0.29, 0.717) is 12.2 Å². The van der Waals surface area contributed by atoms with Gasteiger partial charge in [-0.2, -0.15) is 5.10 Å². The summed E-state index contributed by atoms with van der Waals surface area (Å²) in [7, 11) is 0. The number of rotatable bonds is 4. The predicted octanol–water partition coefficient (Wildman–Crippen LogP) is 4.71. The number of aromatic nitrogens is 2. The Labute approximate surface area is 172 Å². The SMILES string of the molecule is Cc1cccc([C@@H](C)Nc2nnc(C)c3ccc(N4CC5CC(C4)O5)cc23)c1C. The number of hydrogen-bond donors (Lipinski definition) is 1. The van der Waals surface area contributed by atoms with E-state index in [9.17, 15) is 0 Å². The van der Waals surface area contributed by atoms with Crippen LogP contribution >= 0.6 is 0 Å². The zero-order chi connectivity index (χ0) is 20.1. The summed E-state index contributed by atoms with van der Waals surface area (Å²) in [5.41, 5.74) is 6.13. The van der Waals surface area contributed by atoms with Crippen molar-refractivity contribution < 1.29 is 4.74 Å². The van der Waals surface area contributed by atoms with Gasteiger partial charge in [-0.15, -0.1) is 5.10 Å². The lowest BCUT2D eigenvalue weighted by Gasteiger charge is -2.48. The molecule has 1 aromatic heterocycles. The molecule has 29 heavy (non-hydrogen) atoms. The normalized spacial score (nSPS) is 21.7. The Balaban J connectivity index is 1.50. The van der Waals surface area contributed by atoms with Crippen LogP contribution < -0.4 is 10.2 Å². The lowest BCUT2D eigenvalue weighted by molar-refractivity contribution is -0.133. The van der Waals surface area contributed by atoms with Crippen molar-refractivity contribution in [3.8, 4) is 0 Å². The largest absolute Gasteiger partial charge is 0.371 e. The van der Waals surface area contributed by atoms with E-state index in [1.807, 2.05) is 6.92 Å². The summed E-state index contributed by atoms with van der Waals surface area (Å²) < 4.78 is 5.80. The first kappa shape index (κ1) is 18.4. The Hall–Kier alpha value is -2.66. The van der Waals surface area contributed by atoms with Gasteiger partial charge in [-0.25, -0.2) is 0 Å². The molecule has 3 atom stereocenters. The van der Waals surface area contributed by atoms with E-state index >= 15 is 0 Å². The maximum atomic E-state index is 5.80. The number of piperidine rings is 1. The Morgan fingerprint density at radius 2 is 1.79 bits per heavy atom. The Morgan fingerprint density at radius 3 is 2.55 bits per heavy atom. The fraction of sp³-hybridized carbons (Fsp3) is 0.417. The van der Waals surface area contributed by atoms with Crippen LogP contribution in [0.4, 0.5) is 11.5 Å². The number of nitrogens with one attached hydrogen (secondary N) is 1. The van der Waals surface area contributed by atoms with Gasteiger partial charge in [0.1, 0.15) is 0 Å². The molecule has 0 aliphatic carbocycles. The monoisotopic (exact) mass is 388 g/mol. The standard InChI is InChI=1S/C24H28N4O/c1-14-6-5-7-21(15(14)2)16(3)25-24-23-10-18(8-9-22(23)17(4)26-27-24)28-12-19-11-20(13-28)29-19/h5-10,16,19-20H,11-13H2,1-4H3,(H,25,27)/t16-,19?,20?/m1/s1. The van der Waals surface area contributed by atoms with E-state index in [4.69, 9.17) is 4.74 Å². The molecule has 5 nitrogen and oxygen atoms in total. The molecule has 6 rings (SSSR count). The molecule has 0 radical (unpaired) electrons. The third-order valence-electron chi connectivity index (χ3n) is 6.54. The molecule has 3 aliphatic rings. The van der Waals surface area contributed by atoms with Crippen LogP contribution in [0.25, 0.3) is 10.8 Å². The van der Waals surface area contributed by atoms with Crippen LogP contribution in [0.15, 0.2) is 36.4 Å². The summed E-state index contributed by atoms with van der Waals surface area (Å²) in [5, 5.41) is 14.8. The zero-order valence-electron chi connectivity index (χ0n) is 17.6. The van der Waals surface area contributed by atoms with Crippen molar-refractivity contribution in [2.75, 3.05) is 23.3 Å². The molecular formula is C24H28N4O. The van der Waals surface area contributed by atoms with E-state index in [2.05, 4.69) is 77.6 Å². The second-order valence-corrected chi connectivity index (χ2v) is 8.54. The first-order valence-electron chi connectivity index (χ1n) is 10.5. The van der Waals surface area contributed by atoms with Crippen LogP contribution in [0.5, 0.6) is 0 Å². The average molecular weight is 389 g/mol. The highest BCUT2D eigenvalue weighted by molar-refractivity contribution is 5.95. The molecule has 5 heteroatoms. The first-order chi connectivity index (χ1) is 14.0. The van der Waals surface area contributed by atoms with Crippen LogP contribution in [0.1, 0.15) is 41.8 Å². The summed E-state index contributed by atoms with van der Waals surface area (Å²) in [4.78, 5) is 2.44. The van der Waals surface area contributed by atoms with Gasteiger partial charge in [0, 0.05) is 36.0 Å².